The molecule has 2 heterocycles. The molecule has 0 aromatic heterocycles. The lowest BCUT2D eigenvalue weighted by atomic mass is 9.95. The quantitative estimate of drug-likeness (QED) is 0.781. The van der Waals surface area contributed by atoms with Crippen molar-refractivity contribution in [3.63, 3.8) is 0 Å². The number of carbonyl (C=O) groups excluding carboxylic acids is 2. The molecule has 112 valence electrons. The number of carbonyl (C=O) groups is 2. The van der Waals surface area contributed by atoms with Gasteiger partial charge in [-0.1, -0.05) is 22.0 Å². The largest absolute Gasteiger partial charge is 0.329 e. The van der Waals surface area contributed by atoms with Gasteiger partial charge < -0.3 is 4.90 Å². The number of hydrogen-bond acceptors (Lipinski definition) is 2. The van der Waals surface area contributed by atoms with Crippen molar-refractivity contribution in [3.05, 3.63) is 28.2 Å². The predicted molar refractivity (Wildman–Crippen MR) is 85.2 cm³/mol. The zero-order chi connectivity index (χ0) is 15.1. The van der Waals surface area contributed by atoms with Crippen LogP contribution < -0.4 is 4.90 Å². The number of piperidine rings is 1. The number of piperazine rings is 1. The first-order valence-electron chi connectivity index (χ1n) is 7.40. The molecule has 0 N–H and O–H groups in total. The second-order valence-corrected chi connectivity index (χ2v) is 6.77. The number of amides is 2. The minimum Gasteiger partial charge on any atom is -0.329 e. The summed E-state index contributed by atoms with van der Waals surface area (Å²) >= 11 is 3.45. The number of nitrogens with zero attached hydrogens (tertiary/aromatic N) is 2. The van der Waals surface area contributed by atoms with Crippen LogP contribution in [-0.2, 0) is 9.59 Å². The third-order valence-electron chi connectivity index (χ3n) is 4.48. The summed E-state index contributed by atoms with van der Waals surface area (Å²) in [6.07, 6.45) is 2.79. The highest BCUT2D eigenvalue weighted by molar-refractivity contribution is 9.10. The van der Waals surface area contributed by atoms with Gasteiger partial charge in [0.05, 0.1) is 0 Å². The van der Waals surface area contributed by atoms with Gasteiger partial charge in [0.1, 0.15) is 12.1 Å². The van der Waals surface area contributed by atoms with E-state index in [1.54, 1.807) is 9.80 Å². The van der Waals surface area contributed by atoms with Crippen LogP contribution in [0.3, 0.4) is 0 Å². The maximum absolute atomic E-state index is 12.9. The molecule has 3 rings (SSSR count). The van der Waals surface area contributed by atoms with Crippen LogP contribution in [0.15, 0.2) is 22.7 Å². The van der Waals surface area contributed by atoms with E-state index in [0.29, 0.717) is 6.54 Å². The van der Waals surface area contributed by atoms with Crippen LogP contribution in [0.2, 0.25) is 0 Å². The lowest BCUT2D eigenvalue weighted by Crippen LogP contribution is -2.65. The molecule has 0 spiro atoms. The first kappa shape index (κ1) is 14.6. The molecule has 0 aliphatic carbocycles. The first-order chi connectivity index (χ1) is 10.0. The third-order valence-corrected chi connectivity index (χ3v) is 4.98. The maximum atomic E-state index is 12.9. The predicted octanol–water partition coefficient (Wildman–Crippen LogP) is 2.87. The molecule has 2 saturated heterocycles. The first-order valence-corrected chi connectivity index (χ1v) is 8.19. The molecule has 5 heteroatoms. The highest BCUT2D eigenvalue weighted by Crippen LogP contribution is 2.33. The van der Waals surface area contributed by atoms with E-state index in [2.05, 4.69) is 15.9 Å². The van der Waals surface area contributed by atoms with Crippen molar-refractivity contribution in [2.75, 3.05) is 11.4 Å². The van der Waals surface area contributed by atoms with E-state index in [4.69, 9.17) is 0 Å². The summed E-state index contributed by atoms with van der Waals surface area (Å²) in [5.74, 6) is 0.127. The number of hydrogen-bond donors (Lipinski definition) is 0. The van der Waals surface area contributed by atoms with Crippen molar-refractivity contribution in [2.24, 2.45) is 0 Å². The van der Waals surface area contributed by atoms with Crippen LogP contribution in [0.5, 0.6) is 0 Å². The van der Waals surface area contributed by atoms with Gasteiger partial charge in [0.15, 0.2) is 0 Å². The minimum absolute atomic E-state index is 0.0583. The Balaban J connectivity index is 2.03. The zero-order valence-corrected chi connectivity index (χ0v) is 13.9. The van der Waals surface area contributed by atoms with Crippen molar-refractivity contribution in [3.8, 4) is 0 Å². The van der Waals surface area contributed by atoms with Crippen molar-refractivity contribution in [1.29, 1.82) is 0 Å². The Bertz CT molecular complexity index is 602. The molecule has 1 aromatic rings. The summed E-state index contributed by atoms with van der Waals surface area (Å²) in [7, 11) is 0. The molecule has 2 atom stereocenters. The minimum atomic E-state index is -0.431. The molecule has 0 bridgehead atoms. The third kappa shape index (κ3) is 2.37. The van der Waals surface area contributed by atoms with Crippen LogP contribution in [0.4, 0.5) is 5.69 Å². The van der Waals surface area contributed by atoms with E-state index in [-0.39, 0.29) is 17.9 Å². The molecule has 2 fully saturated rings. The SMILES string of the molecule is Cc1ccc(Br)cc1N1C(=O)C2CCCCN2C(=O)C1C. The highest BCUT2D eigenvalue weighted by Gasteiger charge is 2.45. The Morgan fingerprint density at radius 2 is 1.95 bits per heavy atom. The summed E-state index contributed by atoms with van der Waals surface area (Å²) in [4.78, 5) is 29.0. The van der Waals surface area contributed by atoms with E-state index < -0.39 is 6.04 Å². The number of fused-ring (bicyclic) bond motifs is 1. The average molecular weight is 351 g/mol. The molecule has 2 unspecified atom stereocenters. The van der Waals surface area contributed by atoms with Crippen LogP contribution in [0.25, 0.3) is 0 Å². The van der Waals surface area contributed by atoms with Gasteiger partial charge in [0.2, 0.25) is 5.91 Å². The van der Waals surface area contributed by atoms with Gasteiger partial charge in [-0.2, -0.15) is 0 Å². The fraction of sp³-hybridized carbons (Fsp3) is 0.500. The second kappa shape index (κ2) is 5.44. The fourth-order valence-electron chi connectivity index (χ4n) is 3.32. The number of anilines is 1. The molecule has 2 aliphatic heterocycles. The number of rotatable bonds is 1. The lowest BCUT2D eigenvalue weighted by molar-refractivity contribution is -0.147. The molecule has 2 aliphatic rings. The van der Waals surface area contributed by atoms with Crippen LogP contribution >= 0.6 is 15.9 Å². The number of halogens is 1. The summed E-state index contributed by atoms with van der Waals surface area (Å²) in [6.45, 7) is 4.51. The van der Waals surface area contributed by atoms with Gasteiger partial charge in [-0.25, -0.2) is 0 Å². The van der Waals surface area contributed by atoms with Gasteiger partial charge in [0, 0.05) is 16.7 Å². The Morgan fingerprint density at radius 1 is 1.19 bits per heavy atom. The second-order valence-electron chi connectivity index (χ2n) is 5.86. The van der Waals surface area contributed by atoms with Gasteiger partial charge >= 0.3 is 0 Å². The normalized spacial score (nSPS) is 26.0. The van der Waals surface area contributed by atoms with Gasteiger partial charge in [0.25, 0.3) is 5.91 Å². The summed E-state index contributed by atoms with van der Waals surface area (Å²) < 4.78 is 0.918. The van der Waals surface area contributed by atoms with Gasteiger partial charge in [-0.15, -0.1) is 0 Å². The summed E-state index contributed by atoms with van der Waals surface area (Å²) in [5.41, 5.74) is 1.84. The smallest absolute Gasteiger partial charge is 0.250 e. The molecule has 2 amide bonds. The van der Waals surface area contributed by atoms with E-state index in [0.717, 1.165) is 35.0 Å². The van der Waals surface area contributed by atoms with E-state index >= 15 is 0 Å². The van der Waals surface area contributed by atoms with Gasteiger partial charge in [-0.3, -0.25) is 14.5 Å². The van der Waals surface area contributed by atoms with Crippen molar-refractivity contribution in [1.82, 2.24) is 4.90 Å². The highest BCUT2D eigenvalue weighted by atomic mass is 79.9. The van der Waals surface area contributed by atoms with Gasteiger partial charge in [-0.05, 0) is 50.8 Å². The standard InChI is InChI=1S/C16H19BrN2O2/c1-10-6-7-12(17)9-14(10)19-11(2)15(20)18-8-4-3-5-13(18)16(19)21/h6-7,9,11,13H,3-5,8H2,1-2H3. The van der Waals surface area contributed by atoms with E-state index in [1.165, 1.54) is 0 Å². The topological polar surface area (TPSA) is 40.6 Å². The monoisotopic (exact) mass is 350 g/mol. The Kier molecular flexibility index (Phi) is 3.78. The maximum Gasteiger partial charge on any atom is 0.250 e. The molecular formula is C16H19BrN2O2. The Labute approximate surface area is 133 Å². The van der Waals surface area contributed by atoms with E-state index in [1.807, 2.05) is 32.0 Å². The molecule has 0 radical (unpaired) electrons. The van der Waals surface area contributed by atoms with E-state index in [9.17, 15) is 9.59 Å². The lowest BCUT2D eigenvalue weighted by Gasteiger charge is -2.46. The van der Waals surface area contributed by atoms with Crippen LogP contribution in [0.1, 0.15) is 31.7 Å². The Morgan fingerprint density at radius 3 is 2.71 bits per heavy atom. The van der Waals surface area contributed by atoms with Crippen molar-refractivity contribution in [2.45, 2.75) is 45.2 Å². The fourth-order valence-corrected chi connectivity index (χ4v) is 3.67. The Hall–Kier alpha value is -1.36. The van der Waals surface area contributed by atoms with Crippen LogP contribution in [0, 0.1) is 6.92 Å². The molecular weight excluding hydrogens is 332 g/mol. The molecule has 4 nitrogen and oxygen atoms in total. The zero-order valence-electron chi connectivity index (χ0n) is 12.3. The molecule has 1 aromatic carbocycles. The molecule has 0 saturated carbocycles. The number of aryl methyl sites for hydroxylation is 1. The molecule has 21 heavy (non-hydrogen) atoms. The number of benzene rings is 1. The average Bonchev–Trinajstić information content (AvgIpc) is 2.49. The van der Waals surface area contributed by atoms with Crippen LogP contribution in [-0.4, -0.2) is 35.3 Å². The van der Waals surface area contributed by atoms with Crippen molar-refractivity contribution >= 4 is 33.4 Å². The van der Waals surface area contributed by atoms with Crippen molar-refractivity contribution < 1.29 is 9.59 Å². The summed E-state index contributed by atoms with van der Waals surface area (Å²) in [5, 5.41) is 0. The summed E-state index contributed by atoms with van der Waals surface area (Å²) in [6, 6.07) is 5.14.